The molecule has 0 unspecified atom stereocenters. The highest BCUT2D eigenvalue weighted by molar-refractivity contribution is 6.15. The fraction of sp³-hybridized carbons (Fsp3) is 0. The molecule has 0 saturated heterocycles. The van der Waals surface area contributed by atoms with Crippen LogP contribution in [0.15, 0.2) is 194 Å². The van der Waals surface area contributed by atoms with Crippen molar-refractivity contribution in [2.24, 2.45) is 0 Å². The van der Waals surface area contributed by atoms with E-state index in [0.29, 0.717) is 5.95 Å². The molecule has 0 spiro atoms. The second-order valence-electron chi connectivity index (χ2n) is 14.6. The van der Waals surface area contributed by atoms with Crippen LogP contribution in [0.25, 0.3) is 110 Å². The molecule has 4 heteroatoms. The van der Waals surface area contributed by atoms with Crippen LogP contribution in [0.3, 0.4) is 0 Å². The van der Waals surface area contributed by atoms with Crippen molar-refractivity contribution in [2.75, 3.05) is 0 Å². The summed E-state index contributed by atoms with van der Waals surface area (Å²) in [5, 5.41) is 10.6. The van der Waals surface area contributed by atoms with Crippen molar-refractivity contribution < 1.29 is 0 Å². The summed E-state index contributed by atoms with van der Waals surface area (Å²) < 4.78 is 4.61. The molecule has 0 radical (unpaired) electrons. The van der Waals surface area contributed by atoms with Crippen LogP contribution in [0, 0.1) is 0 Å². The molecular weight excluding hydrogens is 681 g/mol. The first-order valence-corrected chi connectivity index (χ1v) is 19.1. The Labute approximate surface area is 322 Å². The number of nitrogens with zero attached hydrogens (tertiary/aromatic N) is 4. The van der Waals surface area contributed by atoms with E-state index in [2.05, 4.69) is 203 Å². The Morgan fingerprint density at radius 2 is 0.857 bits per heavy atom. The van der Waals surface area contributed by atoms with Crippen LogP contribution in [0.1, 0.15) is 0 Å². The zero-order valence-corrected chi connectivity index (χ0v) is 30.3. The summed E-state index contributed by atoms with van der Waals surface area (Å²) in [4.78, 5) is 10.8. The van der Waals surface area contributed by atoms with Crippen LogP contribution < -0.4 is 0 Å². The number of para-hydroxylation sites is 3. The van der Waals surface area contributed by atoms with E-state index in [4.69, 9.17) is 9.97 Å². The van der Waals surface area contributed by atoms with Gasteiger partial charge < -0.3 is 4.57 Å². The Kier molecular flexibility index (Phi) is 6.60. The predicted molar refractivity (Wildman–Crippen MR) is 234 cm³/mol. The third-order valence-electron chi connectivity index (χ3n) is 11.5. The lowest BCUT2D eigenvalue weighted by Gasteiger charge is -2.14. The molecule has 0 aliphatic heterocycles. The summed E-state index contributed by atoms with van der Waals surface area (Å²) in [6.07, 6.45) is 0. The van der Waals surface area contributed by atoms with Crippen LogP contribution in [-0.4, -0.2) is 19.1 Å². The molecule has 0 fully saturated rings. The maximum atomic E-state index is 5.49. The number of hydrogen-bond donors (Lipinski definition) is 0. The summed E-state index contributed by atoms with van der Waals surface area (Å²) in [5.41, 5.74) is 11.0. The molecule has 0 aliphatic rings. The quantitative estimate of drug-likeness (QED) is 0.170. The van der Waals surface area contributed by atoms with E-state index < -0.39 is 0 Å². The highest BCUT2D eigenvalue weighted by atomic mass is 15.2. The van der Waals surface area contributed by atoms with Gasteiger partial charge in [0.25, 0.3) is 0 Å². The molecule has 260 valence electrons. The fourth-order valence-electron chi connectivity index (χ4n) is 8.91. The Bertz CT molecular complexity index is 3540. The minimum absolute atomic E-state index is 0.657. The lowest BCUT2D eigenvalue weighted by molar-refractivity contribution is 1.01. The average molecular weight is 713 g/mol. The van der Waals surface area contributed by atoms with Gasteiger partial charge in [0.1, 0.15) is 0 Å². The van der Waals surface area contributed by atoms with Crippen molar-refractivity contribution in [2.45, 2.75) is 0 Å². The van der Waals surface area contributed by atoms with Crippen molar-refractivity contribution >= 4 is 76.1 Å². The maximum absolute atomic E-state index is 5.49. The van der Waals surface area contributed by atoms with E-state index in [1.807, 2.05) is 0 Å². The molecule has 12 aromatic rings. The molecule has 3 heterocycles. The number of benzene rings is 9. The largest absolute Gasteiger partial charge is 0.309 e. The van der Waals surface area contributed by atoms with Crippen molar-refractivity contribution in [1.29, 1.82) is 0 Å². The lowest BCUT2D eigenvalue weighted by atomic mass is 9.98. The maximum Gasteiger partial charge on any atom is 0.235 e. The Morgan fingerprint density at radius 1 is 0.321 bits per heavy atom. The minimum Gasteiger partial charge on any atom is -0.309 e. The SMILES string of the molecule is c1ccc(-n2c3ccccc3c3cc(-c4ccc5c(c4)c4ccccc4n5-c4nc(-c5ccc6ccccc6c5)c5c(ccc6ccccc65)n4)ccc32)cc1. The molecule has 9 aromatic carbocycles. The molecule has 12 rings (SSSR count). The first-order chi connectivity index (χ1) is 27.8. The molecular formula is C52H32N4. The average Bonchev–Trinajstić information content (AvgIpc) is 3.78. The molecule has 0 atom stereocenters. The van der Waals surface area contributed by atoms with Gasteiger partial charge in [0, 0.05) is 38.2 Å². The fourth-order valence-corrected chi connectivity index (χ4v) is 8.91. The molecule has 56 heavy (non-hydrogen) atoms. The molecule has 0 bridgehead atoms. The summed E-state index contributed by atoms with van der Waals surface area (Å²) in [7, 11) is 0. The van der Waals surface area contributed by atoms with Gasteiger partial charge in [-0.25, -0.2) is 9.97 Å². The van der Waals surface area contributed by atoms with Crippen molar-refractivity contribution in [1.82, 2.24) is 19.1 Å². The predicted octanol–water partition coefficient (Wildman–Crippen LogP) is 13.5. The van der Waals surface area contributed by atoms with Gasteiger partial charge in [-0.1, -0.05) is 133 Å². The summed E-state index contributed by atoms with van der Waals surface area (Å²) in [6, 6.07) is 69.7. The normalized spacial score (nSPS) is 11.9. The van der Waals surface area contributed by atoms with E-state index >= 15 is 0 Å². The van der Waals surface area contributed by atoms with Crippen LogP contribution in [0.5, 0.6) is 0 Å². The molecule has 0 N–H and O–H groups in total. The first-order valence-electron chi connectivity index (χ1n) is 19.1. The van der Waals surface area contributed by atoms with Crippen molar-refractivity contribution in [3.8, 4) is 34.0 Å². The topological polar surface area (TPSA) is 35.6 Å². The van der Waals surface area contributed by atoms with E-state index in [-0.39, 0.29) is 0 Å². The van der Waals surface area contributed by atoms with Gasteiger partial charge in [-0.2, -0.15) is 0 Å². The standard InChI is InChI=1S/C52H32N4/c1-2-15-39(16-3-1)55-46-20-10-8-18-41(46)43-31-36(25-28-48(43)55)37-26-29-49-44(32-37)42-19-9-11-21-47(42)56(49)52-53-45-27-24-34-13-6-7-17-40(34)50(45)51(54-52)38-23-22-33-12-4-5-14-35(33)30-38/h1-32H. The smallest absolute Gasteiger partial charge is 0.235 e. The first kappa shape index (κ1) is 30.9. The van der Waals surface area contributed by atoms with Gasteiger partial charge in [-0.05, 0) is 93.3 Å². The van der Waals surface area contributed by atoms with Gasteiger partial charge >= 0.3 is 0 Å². The summed E-state index contributed by atoms with van der Waals surface area (Å²) >= 11 is 0. The lowest BCUT2D eigenvalue weighted by Crippen LogP contribution is -2.03. The number of aromatic nitrogens is 4. The van der Waals surface area contributed by atoms with Crippen LogP contribution in [-0.2, 0) is 0 Å². The third kappa shape index (κ3) is 4.60. The summed E-state index contributed by atoms with van der Waals surface area (Å²) in [5.74, 6) is 0.657. The molecule has 3 aromatic heterocycles. The van der Waals surface area contributed by atoms with Gasteiger partial charge in [-0.15, -0.1) is 0 Å². The zero-order chi connectivity index (χ0) is 36.7. The second-order valence-corrected chi connectivity index (χ2v) is 14.6. The Hall–Kier alpha value is -7.56. The van der Waals surface area contributed by atoms with Gasteiger partial charge in [0.05, 0.1) is 33.3 Å². The van der Waals surface area contributed by atoms with Crippen molar-refractivity contribution in [3.05, 3.63) is 194 Å². The van der Waals surface area contributed by atoms with Crippen LogP contribution in [0.4, 0.5) is 0 Å². The monoisotopic (exact) mass is 712 g/mol. The third-order valence-corrected chi connectivity index (χ3v) is 11.5. The Balaban J connectivity index is 1.08. The number of hydrogen-bond acceptors (Lipinski definition) is 2. The van der Waals surface area contributed by atoms with Gasteiger partial charge in [-0.3, -0.25) is 4.57 Å². The van der Waals surface area contributed by atoms with Crippen LogP contribution in [0.2, 0.25) is 0 Å². The molecule has 0 aliphatic carbocycles. The zero-order valence-electron chi connectivity index (χ0n) is 30.3. The van der Waals surface area contributed by atoms with E-state index in [1.54, 1.807) is 0 Å². The van der Waals surface area contributed by atoms with Crippen molar-refractivity contribution in [3.63, 3.8) is 0 Å². The highest BCUT2D eigenvalue weighted by Gasteiger charge is 2.20. The summed E-state index contributed by atoms with van der Waals surface area (Å²) in [6.45, 7) is 0. The molecule has 4 nitrogen and oxygen atoms in total. The van der Waals surface area contributed by atoms with E-state index in [9.17, 15) is 0 Å². The van der Waals surface area contributed by atoms with Gasteiger partial charge in [0.15, 0.2) is 0 Å². The minimum atomic E-state index is 0.657. The van der Waals surface area contributed by atoms with Gasteiger partial charge in [0.2, 0.25) is 5.95 Å². The van der Waals surface area contributed by atoms with Crippen LogP contribution >= 0.6 is 0 Å². The number of fused-ring (bicyclic) bond motifs is 10. The van der Waals surface area contributed by atoms with E-state index in [1.165, 1.54) is 59.9 Å². The number of rotatable bonds is 4. The molecule has 0 saturated carbocycles. The molecule has 0 amide bonds. The highest BCUT2D eigenvalue weighted by Crippen LogP contribution is 2.40. The Morgan fingerprint density at radius 3 is 1.59 bits per heavy atom. The van der Waals surface area contributed by atoms with E-state index in [0.717, 1.165) is 44.3 Å². The second kappa shape index (κ2) is 12.0.